The van der Waals surface area contributed by atoms with Crippen LogP contribution < -0.4 is 15.9 Å². The molecule has 6 heteroatoms. The molecule has 1 amide bonds. The predicted molar refractivity (Wildman–Crippen MR) is 76.0 cm³/mol. The number of para-hydroxylation sites is 1. The minimum absolute atomic E-state index is 0.0599. The number of anilines is 1. The molecule has 1 heterocycles. The molecule has 0 radical (unpaired) electrons. The molecule has 0 aliphatic carbocycles. The summed E-state index contributed by atoms with van der Waals surface area (Å²) in [5.41, 5.74) is 8.21. The first kappa shape index (κ1) is 13.4. The van der Waals surface area contributed by atoms with Gasteiger partial charge >= 0.3 is 4.87 Å². The number of hydrogen-bond acceptors (Lipinski definition) is 4. The molecule has 0 unspecified atom stereocenters. The van der Waals surface area contributed by atoms with E-state index < -0.39 is 0 Å². The van der Waals surface area contributed by atoms with Gasteiger partial charge in [-0.2, -0.15) is 0 Å². The number of H-pyrrole nitrogens is 1. The van der Waals surface area contributed by atoms with Crippen LogP contribution in [-0.4, -0.2) is 10.9 Å². The van der Waals surface area contributed by atoms with E-state index in [0.717, 1.165) is 22.6 Å². The lowest BCUT2D eigenvalue weighted by Gasteiger charge is -2.06. The molecule has 0 atom stereocenters. The molecule has 0 fully saturated rings. The van der Waals surface area contributed by atoms with Gasteiger partial charge in [0.05, 0.1) is 6.54 Å². The number of nitrogens with one attached hydrogen (secondary N) is 2. The molecule has 0 spiro atoms. The van der Waals surface area contributed by atoms with E-state index in [1.807, 2.05) is 24.3 Å². The van der Waals surface area contributed by atoms with Crippen LogP contribution >= 0.6 is 11.3 Å². The molecule has 0 aliphatic heterocycles. The smallest absolute Gasteiger partial charge is 0.304 e. The number of thiazole rings is 1. The molecule has 2 rings (SSSR count). The van der Waals surface area contributed by atoms with Crippen molar-refractivity contribution in [2.24, 2.45) is 0 Å². The van der Waals surface area contributed by atoms with Gasteiger partial charge in [-0.15, -0.1) is 0 Å². The Balaban J connectivity index is 1.79. The molecule has 0 aliphatic rings. The van der Waals surface area contributed by atoms with Gasteiger partial charge < -0.3 is 16.0 Å². The summed E-state index contributed by atoms with van der Waals surface area (Å²) >= 11 is 1.09. The maximum absolute atomic E-state index is 11.7. The van der Waals surface area contributed by atoms with Gasteiger partial charge in [0.2, 0.25) is 5.91 Å². The Labute approximate surface area is 114 Å². The minimum atomic E-state index is -0.110. The Morgan fingerprint density at radius 3 is 2.84 bits per heavy atom. The summed E-state index contributed by atoms with van der Waals surface area (Å²) in [7, 11) is 0. The van der Waals surface area contributed by atoms with Crippen LogP contribution in [0.15, 0.2) is 34.4 Å². The van der Waals surface area contributed by atoms with Crippen molar-refractivity contribution in [2.45, 2.75) is 19.4 Å². The number of rotatable bonds is 5. The number of nitrogen functional groups attached to an aromatic ring is 1. The number of nitrogens with two attached hydrogens (primary N) is 1. The summed E-state index contributed by atoms with van der Waals surface area (Å²) in [5.74, 6) is -0.0599. The first-order valence-electron chi connectivity index (χ1n) is 5.92. The van der Waals surface area contributed by atoms with E-state index >= 15 is 0 Å². The molecule has 1 aromatic heterocycles. The van der Waals surface area contributed by atoms with Crippen molar-refractivity contribution in [3.8, 4) is 0 Å². The van der Waals surface area contributed by atoms with E-state index in [0.29, 0.717) is 25.1 Å². The molecular weight excluding hydrogens is 262 g/mol. The van der Waals surface area contributed by atoms with Gasteiger partial charge in [0.25, 0.3) is 0 Å². The van der Waals surface area contributed by atoms with Gasteiger partial charge in [-0.3, -0.25) is 9.59 Å². The van der Waals surface area contributed by atoms with E-state index in [1.54, 1.807) is 5.38 Å². The van der Waals surface area contributed by atoms with Gasteiger partial charge in [0.15, 0.2) is 0 Å². The van der Waals surface area contributed by atoms with E-state index in [4.69, 9.17) is 5.73 Å². The molecule has 2 aromatic rings. The third-order valence-electron chi connectivity index (χ3n) is 2.72. The van der Waals surface area contributed by atoms with Crippen molar-refractivity contribution in [3.05, 3.63) is 50.6 Å². The topological polar surface area (TPSA) is 88.0 Å². The van der Waals surface area contributed by atoms with Crippen molar-refractivity contribution < 1.29 is 4.79 Å². The molecule has 0 saturated carbocycles. The average Bonchev–Trinajstić information content (AvgIpc) is 2.81. The zero-order chi connectivity index (χ0) is 13.7. The van der Waals surface area contributed by atoms with Crippen molar-refractivity contribution in [1.29, 1.82) is 0 Å². The van der Waals surface area contributed by atoms with Crippen LogP contribution in [0.1, 0.15) is 17.7 Å². The van der Waals surface area contributed by atoms with Gasteiger partial charge in [-0.25, -0.2) is 0 Å². The van der Waals surface area contributed by atoms with Crippen LogP contribution in [0.2, 0.25) is 0 Å². The highest BCUT2D eigenvalue weighted by atomic mass is 32.1. The van der Waals surface area contributed by atoms with Gasteiger partial charge in [-0.05, 0) is 18.1 Å². The molecule has 0 saturated heterocycles. The second-order valence-electron chi connectivity index (χ2n) is 4.15. The van der Waals surface area contributed by atoms with Gasteiger partial charge in [0.1, 0.15) is 0 Å². The summed E-state index contributed by atoms with van der Waals surface area (Å²) in [6.07, 6.45) is 0.987. The lowest BCUT2D eigenvalue weighted by molar-refractivity contribution is -0.121. The van der Waals surface area contributed by atoms with E-state index in [2.05, 4.69) is 10.3 Å². The summed E-state index contributed by atoms with van der Waals surface area (Å²) < 4.78 is 0. The quantitative estimate of drug-likeness (QED) is 0.719. The zero-order valence-electron chi connectivity index (χ0n) is 10.3. The Hall–Kier alpha value is -2.08. The fraction of sp³-hybridized carbons (Fsp3) is 0.231. The first-order valence-corrected chi connectivity index (χ1v) is 6.80. The second kappa shape index (κ2) is 6.19. The first-order chi connectivity index (χ1) is 9.15. The normalized spacial score (nSPS) is 10.3. The number of aryl methyl sites for hydroxylation is 1. The highest BCUT2D eigenvalue weighted by Gasteiger charge is 2.05. The summed E-state index contributed by atoms with van der Waals surface area (Å²) in [6, 6.07) is 7.51. The average molecular weight is 277 g/mol. The number of aromatic nitrogens is 1. The van der Waals surface area contributed by atoms with Crippen molar-refractivity contribution in [2.75, 3.05) is 5.73 Å². The molecule has 0 bridgehead atoms. The Kier molecular flexibility index (Phi) is 4.35. The van der Waals surface area contributed by atoms with E-state index in [1.165, 1.54) is 0 Å². The number of amides is 1. The fourth-order valence-corrected chi connectivity index (χ4v) is 2.27. The molecule has 100 valence electrons. The number of aromatic amines is 1. The number of hydrogen-bond donors (Lipinski definition) is 3. The van der Waals surface area contributed by atoms with Crippen LogP contribution in [0.3, 0.4) is 0 Å². The minimum Gasteiger partial charge on any atom is -0.399 e. The summed E-state index contributed by atoms with van der Waals surface area (Å²) in [6.45, 7) is 0.349. The van der Waals surface area contributed by atoms with Crippen LogP contribution in [0.25, 0.3) is 0 Å². The third-order valence-corrected chi connectivity index (χ3v) is 3.44. The molecule has 1 aromatic carbocycles. The number of carbonyl (C=O) groups excluding carboxylic acids is 1. The maximum Gasteiger partial charge on any atom is 0.304 e. The van der Waals surface area contributed by atoms with Gasteiger partial charge in [-0.1, -0.05) is 29.5 Å². The van der Waals surface area contributed by atoms with E-state index in [9.17, 15) is 9.59 Å². The van der Waals surface area contributed by atoms with Crippen molar-refractivity contribution >= 4 is 22.9 Å². The highest BCUT2D eigenvalue weighted by molar-refractivity contribution is 7.07. The second-order valence-corrected chi connectivity index (χ2v) is 4.99. The van der Waals surface area contributed by atoms with Crippen LogP contribution in [0, 0.1) is 0 Å². The standard InChI is InChI=1S/C13H15N3O2S/c14-11-4-2-1-3-9(11)5-6-12(17)15-7-10-8-19-13(18)16-10/h1-4,8H,5-7,14H2,(H,15,17)(H,16,18). The lowest BCUT2D eigenvalue weighted by atomic mass is 10.1. The highest BCUT2D eigenvalue weighted by Crippen LogP contribution is 2.12. The van der Waals surface area contributed by atoms with Crippen molar-refractivity contribution in [3.63, 3.8) is 0 Å². The summed E-state index contributed by atoms with van der Waals surface area (Å²) in [4.78, 5) is 25.1. The van der Waals surface area contributed by atoms with Crippen LogP contribution in [-0.2, 0) is 17.8 Å². The monoisotopic (exact) mass is 277 g/mol. The Morgan fingerprint density at radius 1 is 1.37 bits per heavy atom. The van der Waals surface area contributed by atoms with E-state index in [-0.39, 0.29) is 10.8 Å². The SMILES string of the molecule is Nc1ccccc1CCC(=O)NCc1csc(=O)[nH]1. The molecule has 5 nitrogen and oxygen atoms in total. The number of benzene rings is 1. The molecule has 4 N–H and O–H groups in total. The van der Waals surface area contributed by atoms with Crippen LogP contribution in [0.4, 0.5) is 5.69 Å². The maximum atomic E-state index is 11.7. The third kappa shape index (κ3) is 3.96. The lowest BCUT2D eigenvalue weighted by Crippen LogP contribution is -2.23. The zero-order valence-corrected chi connectivity index (χ0v) is 11.1. The fourth-order valence-electron chi connectivity index (χ4n) is 1.69. The molecular formula is C13H15N3O2S. The van der Waals surface area contributed by atoms with Crippen LogP contribution in [0.5, 0.6) is 0 Å². The predicted octanol–water partition coefficient (Wildman–Crippen LogP) is 1.27. The Morgan fingerprint density at radius 2 is 2.16 bits per heavy atom. The number of carbonyl (C=O) groups is 1. The van der Waals surface area contributed by atoms with Gasteiger partial charge in [0, 0.05) is 23.2 Å². The van der Waals surface area contributed by atoms with Crippen molar-refractivity contribution in [1.82, 2.24) is 10.3 Å². The largest absolute Gasteiger partial charge is 0.399 e. The molecule has 19 heavy (non-hydrogen) atoms. The summed E-state index contributed by atoms with van der Waals surface area (Å²) in [5, 5.41) is 4.46. The Bertz CT molecular complexity index is 618.